The van der Waals surface area contributed by atoms with Crippen LogP contribution in [0.2, 0.25) is 0 Å². The summed E-state index contributed by atoms with van der Waals surface area (Å²) in [5, 5.41) is 2.98. The second-order valence-corrected chi connectivity index (χ2v) is 5.65. The number of hydrogen-bond donors (Lipinski definition) is 1. The predicted octanol–water partition coefficient (Wildman–Crippen LogP) is 1.34. The molecular weight excluding hydrogens is 278 g/mol. The minimum Gasteiger partial charge on any atom is -0.497 e. The van der Waals surface area contributed by atoms with E-state index in [1.54, 1.807) is 7.11 Å². The molecule has 0 radical (unpaired) electrons. The van der Waals surface area contributed by atoms with Gasteiger partial charge in [-0.15, -0.1) is 0 Å². The van der Waals surface area contributed by atoms with Crippen LogP contribution in [-0.2, 0) is 11.3 Å². The van der Waals surface area contributed by atoms with Crippen LogP contribution >= 0.6 is 0 Å². The highest BCUT2D eigenvalue weighted by Gasteiger charge is 2.15. The lowest BCUT2D eigenvalue weighted by atomic mass is 10.2. The topological polar surface area (TPSA) is 44.8 Å². The SMILES string of the molecule is CCN1CCN(CCC(=O)NCc2ccc(OC)cc2)CC1. The number of carbonyl (C=O) groups is 1. The number of likely N-dealkylation sites (N-methyl/N-ethyl adjacent to an activating group) is 1. The summed E-state index contributed by atoms with van der Waals surface area (Å²) in [7, 11) is 1.65. The molecule has 1 amide bonds. The predicted molar refractivity (Wildman–Crippen MR) is 88.0 cm³/mol. The van der Waals surface area contributed by atoms with E-state index in [4.69, 9.17) is 4.74 Å². The maximum absolute atomic E-state index is 11.9. The number of benzene rings is 1. The summed E-state index contributed by atoms with van der Waals surface area (Å²) in [6, 6.07) is 7.77. The van der Waals surface area contributed by atoms with E-state index in [-0.39, 0.29) is 5.91 Å². The minimum atomic E-state index is 0.119. The van der Waals surface area contributed by atoms with Gasteiger partial charge in [-0.3, -0.25) is 4.79 Å². The van der Waals surface area contributed by atoms with Gasteiger partial charge in [0.15, 0.2) is 0 Å². The Kier molecular flexibility index (Phi) is 6.68. The first kappa shape index (κ1) is 16.8. The molecule has 0 atom stereocenters. The second-order valence-electron chi connectivity index (χ2n) is 5.65. The number of nitrogens with one attached hydrogen (secondary N) is 1. The highest BCUT2D eigenvalue weighted by molar-refractivity contribution is 5.76. The van der Waals surface area contributed by atoms with Gasteiger partial charge in [0.1, 0.15) is 5.75 Å². The fourth-order valence-electron chi connectivity index (χ4n) is 2.62. The third-order valence-electron chi connectivity index (χ3n) is 4.22. The van der Waals surface area contributed by atoms with Gasteiger partial charge in [0.2, 0.25) is 5.91 Å². The van der Waals surface area contributed by atoms with Gasteiger partial charge in [0.05, 0.1) is 7.11 Å². The number of methoxy groups -OCH3 is 1. The molecule has 2 rings (SSSR count). The fourth-order valence-corrected chi connectivity index (χ4v) is 2.62. The molecule has 1 N–H and O–H groups in total. The van der Waals surface area contributed by atoms with Crippen LogP contribution in [-0.4, -0.2) is 62.1 Å². The highest BCUT2D eigenvalue weighted by atomic mass is 16.5. The van der Waals surface area contributed by atoms with Crippen LogP contribution in [0.3, 0.4) is 0 Å². The zero-order valence-corrected chi connectivity index (χ0v) is 13.7. The van der Waals surface area contributed by atoms with E-state index in [0.717, 1.165) is 50.6 Å². The number of nitrogens with zero attached hydrogens (tertiary/aromatic N) is 2. The molecule has 22 heavy (non-hydrogen) atoms. The van der Waals surface area contributed by atoms with Crippen LogP contribution in [0, 0.1) is 0 Å². The molecule has 1 aromatic rings. The van der Waals surface area contributed by atoms with Gasteiger partial charge in [-0.25, -0.2) is 0 Å². The Morgan fingerprint density at radius 3 is 2.36 bits per heavy atom. The van der Waals surface area contributed by atoms with Gasteiger partial charge in [0, 0.05) is 45.7 Å². The van der Waals surface area contributed by atoms with E-state index in [0.29, 0.717) is 13.0 Å². The Morgan fingerprint density at radius 1 is 1.14 bits per heavy atom. The van der Waals surface area contributed by atoms with Gasteiger partial charge >= 0.3 is 0 Å². The molecule has 1 heterocycles. The molecule has 0 bridgehead atoms. The van der Waals surface area contributed by atoms with Crippen molar-refractivity contribution in [2.75, 3.05) is 46.4 Å². The number of rotatable bonds is 7. The van der Waals surface area contributed by atoms with Crippen molar-refractivity contribution >= 4 is 5.91 Å². The van der Waals surface area contributed by atoms with E-state index in [9.17, 15) is 4.79 Å². The first-order valence-electron chi connectivity index (χ1n) is 8.05. The molecule has 0 spiro atoms. The molecule has 5 heteroatoms. The quantitative estimate of drug-likeness (QED) is 0.826. The van der Waals surface area contributed by atoms with E-state index < -0.39 is 0 Å². The second kappa shape index (κ2) is 8.76. The number of amides is 1. The van der Waals surface area contributed by atoms with Crippen LogP contribution in [0.5, 0.6) is 5.75 Å². The first-order chi connectivity index (χ1) is 10.7. The summed E-state index contributed by atoms with van der Waals surface area (Å²) in [6.07, 6.45) is 0.572. The summed E-state index contributed by atoms with van der Waals surface area (Å²) in [5.74, 6) is 0.954. The smallest absolute Gasteiger partial charge is 0.221 e. The lowest BCUT2D eigenvalue weighted by Crippen LogP contribution is -2.46. The molecule has 122 valence electrons. The lowest BCUT2D eigenvalue weighted by molar-refractivity contribution is -0.121. The molecule has 0 aromatic heterocycles. The van der Waals surface area contributed by atoms with Crippen molar-refractivity contribution in [3.05, 3.63) is 29.8 Å². The average Bonchev–Trinajstić information content (AvgIpc) is 2.59. The number of hydrogen-bond acceptors (Lipinski definition) is 4. The van der Waals surface area contributed by atoms with Crippen molar-refractivity contribution in [3.63, 3.8) is 0 Å². The van der Waals surface area contributed by atoms with Gasteiger partial charge in [-0.05, 0) is 24.2 Å². The lowest BCUT2D eigenvalue weighted by Gasteiger charge is -2.33. The number of carbonyl (C=O) groups excluding carboxylic acids is 1. The monoisotopic (exact) mass is 305 g/mol. The third-order valence-corrected chi connectivity index (χ3v) is 4.22. The van der Waals surface area contributed by atoms with Crippen LogP contribution < -0.4 is 10.1 Å². The highest BCUT2D eigenvalue weighted by Crippen LogP contribution is 2.11. The van der Waals surface area contributed by atoms with Crippen LogP contribution in [0.25, 0.3) is 0 Å². The molecule has 5 nitrogen and oxygen atoms in total. The van der Waals surface area contributed by atoms with E-state index in [2.05, 4.69) is 22.0 Å². The Labute approximate surface area is 133 Å². The van der Waals surface area contributed by atoms with Crippen LogP contribution in [0.4, 0.5) is 0 Å². The molecular formula is C17H27N3O2. The Bertz CT molecular complexity index is 453. The fraction of sp³-hybridized carbons (Fsp3) is 0.588. The van der Waals surface area contributed by atoms with E-state index in [1.807, 2.05) is 24.3 Å². The summed E-state index contributed by atoms with van der Waals surface area (Å²) in [6.45, 7) is 9.12. The van der Waals surface area contributed by atoms with Gasteiger partial charge in [-0.2, -0.15) is 0 Å². The minimum absolute atomic E-state index is 0.119. The number of ether oxygens (including phenoxy) is 1. The zero-order chi connectivity index (χ0) is 15.8. The van der Waals surface area contributed by atoms with E-state index >= 15 is 0 Å². The Hall–Kier alpha value is -1.59. The first-order valence-corrected chi connectivity index (χ1v) is 8.05. The Balaban J connectivity index is 1.63. The largest absolute Gasteiger partial charge is 0.497 e. The van der Waals surface area contributed by atoms with Gasteiger partial charge in [-0.1, -0.05) is 19.1 Å². The van der Waals surface area contributed by atoms with Crippen molar-refractivity contribution in [2.45, 2.75) is 19.9 Å². The Morgan fingerprint density at radius 2 is 1.77 bits per heavy atom. The number of piperazine rings is 1. The average molecular weight is 305 g/mol. The van der Waals surface area contributed by atoms with Gasteiger partial charge in [0.25, 0.3) is 0 Å². The summed E-state index contributed by atoms with van der Waals surface area (Å²) < 4.78 is 5.12. The molecule has 1 aromatic carbocycles. The summed E-state index contributed by atoms with van der Waals surface area (Å²) in [5.41, 5.74) is 1.09. The van der Waals surface area contributed by atoms with Crippen molar-refractivity contribution in [1.29, 1.82) is 0 Å². The van der Waals surface area contributed by atoms with Crippen LogP contribution in [0.1, 0.15) is 18.9 Å². The molecule has 1 fully saturated rings. The molecule has 1 aliphatic heterocycles. The molecule has 0 unspecified atom stereocenters. The molecule has 0 saturated carbocycles. The normalized spacial score (nSPS) is 16.5. The molecule has 0 aliphatic carbocycles. The third kappa shape index (κ3) is 5.31. The van der Waals surface area contributed by atoms with Crippen molar-refractivity contribution < 1.29 is 9.53 Å². The summed E-state index contributed by atoms with van der Waals surface area (Å²) in [4.78, 5) is 16.7. The van der Waals surface area contributed by atoms with Crippen molar-refractivity contribution in [3.8, 4) is 5.75 Å². The van der Waals surface area contributed by atoms with Gasteiger partial charge < -0.3 is 19.9 Å². The maximum atomic E-state index is 11.9. The molecule has 1 aliphatic rings. The molecule has 1 saturated heterocycles. The van der Waals surface area contributed by atoms with Crippen molar-refractivity contribution in [1.82, 2.24) is 15.1 Å². The maximum Gasteiger partial charge on any atom is 0.221 e. The van der Waals surface area contributed by atoms with Crippen molar-refractivity contribution in [2.24, 2.45) is 0 Å². The summed E-state index contributed by atoms with van der Waals surface area (Å²) >= 11 is 0. The standard InChI is InChI=1S/C17H27N3O2/c1-3-19-10-12-20(13-11-19)9-8-17(21)18-14-15-4-6-16(22-2)7-5-15/h4-7H,3,8-14H2,1-2H3,(H,18,21). The van der Waals surface area contributed by atoms with Crippen LogP contribution in [0.15, 0.2) is 24.3 Å². The van der Waals surface area contributed by atoms with E-state index in [1.165, 1.54) is 0 Å². The zero-order valence-electron chi connectivity index (χ0n) is 13.7.